The van der Waals surface area contributed by atoms with Gasteiger partial charge in [0.25, 0.3) is 0 Å². The van der Waals surface area contributed by atoms with Crippen LogP contribution in [0.3, 0.4) is 0 Å². The molecular weight excluding hydrogens is 370 g/mol. The molecule has 0 spiro atoms. The number of nitrogens with zero attached hydrogens (tertiary/aromatic N) is 1. The fourth-order valence-electron chi connectivity index (χ4n) is 6.27. The Bertz CT molecular complexity index is 1210. The summed E-state index contributed by atoms with van der Waals surface area (Å²) in [6, 6.07) is 22.6. The number of rotatable bonds is 1. The van der Waals surface area contributed by atoms with E-state index in [2.05, 4.69) is 31.2 Å². The molecule has 3 aromatic rings. The molecule has 1 fully saturated rings. The SMILES string of the molecule is Cc1ccc(N2C(=O)[C@@H]3C4c5ccccc5C(C)(c5ccccc54)[C@H]3C2=O)cc1C. The van der Waals surface area contributed by atoms with Crippen molar-refractivity contribution in [2.24, 2.45) is 11.8 Å². The fraction of sp³-hybridized carbons (Fsp3) is 0.259. The molecule has 1 saturated heterocycles. The van der Waals surface area contributed by atoms with Crippen LogP contribution in [-0.4, -0.2) is 11.8 Å². The summed E-state index contributed by atoms with van der Waals surface area (Å²) in [6.07, 6.45) is 0. The van der Waals surface area contributed by atoms with Crippen LogP contribution in [0.2, 0.25) is 0 Å². The van der Waals surface area contributed by atoms with E-state index in [1.807, 2.05) is 56.3 Å². The largest absolute Gasteiger partial charge is 0.274 e. The van der Waals surface area contributed by atoms with Crippen LogP contribution < -0.4 is 4.90 Å². The second-order valence-corrected chi connectivity index (χ2v) is 9.14. The third-order valence-corrected chi connectivity index (χ3v) is 7.79. The zero-order valence-corrected chi connectivity index (χ0v) is 17.3. The number of hydrogen-bond donors (Lipinski definition) is 0. The first-order valence-corrected chi connectivity index (χ1v) is 10.6. The normalized spacial score (nSPS) is 28.4. The highest BCUT2D eigenvalue weighted by atomic mass is 16.2. The summed E-state index contributed by atoms with van der Waals surface area (Å²) >= 11 is 0. The van der Waals surface area contributed by atoms with Crippen molar-refractivity contribution in [3.8, 4) is 0 Å². The Morgan fingerprint density at radius 2 is 1.37 bits per heavy atom. The van der Waals surface area contributed by atoms with Gasteiger partial charge in [0, 0.05) is 11.3 Å². The summed E-state index contributed by atoms with van der Waals surface area (Å²) in [4.78, 5) is 29.1. The van der Waals surface area contributed by atoms with Crippen molar-refractivity contribution in [3.05, 3.63) is 100 Å². The van der Waals surface area contributed by atoms with E-state index in [0.29, 0.717) is 5.69 Å². The molecule has 3 aromatic carbocycles. The monoisotopic (exact) mass is 393 g/mol. The molecule has 1 heterocycles. The van der Waals surface area contributed by atoms with Gasteiger partial charge in [0.05, 0.1) is 17.5 Å². The van der Waals surface area contributed by atoms with Crippen LogP contribution in [-0.2, 0) is 15.0 Å². The van der Waals surface area contributed by atoms with Crippen LogP contribution in [0, 0.1) is 25.7 Å². The Morgan fingerprint density at radius 3 is 1.97 bits per heavy atom. The third kappa shape index (κ3) is 1.91. The molecule has 0 N–H and O–H groups in total. The topological polar surface area (TPSA) is 37.4 Å². The van der Waals surface area contributed by atoms with Gasteiger partial charge in [-0.2, -0.15) is 0 Å². The summed E-state index contributed by atoms with van der Waals surface area (Å²) in [6.45, 7) is 6.22. The van der Waals surface area contributed by atoms with Crippen LogP contribution in [0.15, 0.2) is 66.7 Å². The average molecular weight is 393 g/mol. The number of anilines is 1. The van der Waals surface area contributed by atoms with Crippen LogP contribution in [0.4, 0.5) is 5.69 Å². The number of carbonyl (C=O) groups excluding carboxylic acids is 2. The molecule has 148 valence electrons. The van der Waals surface area contributed by atoms with E-state index in [4.69, 9.17) is 0 Å². The number of benzene rings is 3. The zero-order chi connectivity index (χ0) is 20.8. The summed E-state index contributed by atoms with van der Waals surface area (Å²) in [5.41, 5.74) is 7.21. The van der Waals surface area contributed by atoms with Crippen molar-refractivity contribution in [2.45, 2.75) is 32.1 Å². The molecule has 1 aliphatic heterocycles. The molecule has 2 atom stereocenters. The summed E-state index contributed by atoms with van der Waals surface area (Å²) < 4.78 is 0. The molecule has 0 radical (unpaired) electrons. The molecule has 0 aromatic heterocycles. The summed E-state index contributed by atoms with van der Waals surface area (Å²) in [7, 11) is 0. The van der Waals surface area contributed by atoms with Gasteiger partial charge in [0.15, 0.2) is 0 Å². The maximum atomic E-state index is 13.9. The van der Waals surface area contributed by atoms with Crippen LogP contribution in [0.1, 0.15) is 46.2 Å². The van der Waals surface area contributed by atoms with E-state index in [1.54, 1.807) is 0 Å². The highest BCUT2D eigenvalue weighted by molar-refractivity contribution is 6.23. The second-order valence-electron chi connectivity index (χ2n) is 9.14. The predicted octanol–water partition coefficient (Wildman–Crippen LogP) is 4.87. The van der Waals surface area contributed by atoms with Gasteiger partial charge in [0.1, 0.15) is 0 Å². The average Bonchev–Trinajstić information content (AvgIpc) is 3.02. The Balaban J connectivity index is 1.60. The van der Waals surface area contributed by atoms with Crippen LogP contribution in [0.5, 0.6) is 0 Å². The van der Waals surface area contributed by atoms with E-state index >= 15 is 0 Å². The number of aryl methyl sites for hydroxylation is 2. The minimum Gasteiger partial charge on any atom is -0.274 e. The van der Waals surface area contributed by atoms with Crippen molar-refractivity contribution in [1.29, 1.82) is 0 Å². The van der Waals surface area contributed by atoms with E-state index in [-0.39, 0.29) is 29.6 Å². The van der Waals surface area contributed by atoms with Gasteiger partial charge in [-0.05, 0) is 59.4 Å². The first-order valence-electron chi connectivity index (χ1n) is 10.6. The molecule has 2 bridgehead atoms. The maximum Gasteiger partial charge on any atom is 0.238 e. The molecule has 3 aliphatic carbocycles. The Morgan fingerprint density at radius 1 is 0.767 bits per heavy atom. The summed E-state index contributed by atoms with van der Waals surface area (Å²) in [5.74, 6) is -0.925. The molecular formula is C27H23NO2. The van der Waals surface area contributed by atoms with Gasteiger partial charge in [-0.3, -0.25) is 9.59 Å². The van der Waals surface area contributed by atoms with Gasteiger partial charge in [-0.25, -0.2) is 4.90 Å². The van der Waals surface area contributed by atoms with E-state index in [9.17, 15) is 9.59 Å². The lowest BCUT2D eigenvalue weighted by molar-refractivity contribution is -0.123. The van der Waals surface area contributed by atoms with Gasteiger partial charge in [0.2, 0.25) is 11.8 Å². The van der Waals surface area contributed by atoms with Crippen molar-refractivity contribution < 1.29 is 9.59 Å². The molecule has 4 aliphatic rings. The molecule has 30 heavy (non-hydrogen) atoms. The van der Waals surface area contributed by atoms with Crippen molar-refractivity contribution in [1.82, 2.24) is 0 Å². The Hall–Kier alpha value is -3.20. The van der Waals surface area contributed by atoms with Gasteiger partial charge in [-0.1, -0.05) is 61.5 Å². The molecule has 2 amide bonds. The van der Waals surface area contributed by atoms with Gasteiger partial charge in [-0.15, -0.1) is 0 Å². The van der Waals surface area contributed by atoms with Crippen molar-refractivity contribution >= 4 is 17.5 Å². The second kappa shape index (κ2) is 5.69. The minimum atomic E-state index is -0.506. The fourth-order valence-corrected chi connectivity index (χ4v) is 6.27. The molecule has 0 saturated carbocycles. The highest BCUT2D eigenvalue weighted by Crippen LogP contribution is 2.64. The van der Waals surface area contributed by atoms with Gasteiger partial charge < -0.3 is 0 Å². The highest BCUT2D eigenvalue weighted by Gasteiger charge is 2.66. The lowest BCUT2D eigenvalue weighted by Gasteiger charge is -2.52. The lowest BCUT2D eigenvalue weighted by Crippen LogP contribution is -2.51. The number of amides is 2. The molecule has 3 heteroatoms. The smallest absolute Gasteiger partial charge is 0.238 e. The van der Waals surface area contributed by atoms with E-state index in [0.717, 1.165) is 11.1 Å². The van der Waals surface area contributed by atoms with E-state index in [1.165, 1.54) is 27.2 Å². The van der Waals surface area contributed by atoms with E-state index < -0.39 is 5.41 Å². The maximum absolute atomic E-state index is 13.9. The van der Waals surface area contributed by atoms with Crippen molar-refractivity contribution in [2.75, 3.05) is 4.90 Å². The number of carbonyl (C=O) groups is 2. The quantitative estimate of drug-likeness (QED) is 0.553. The molecule has 3 nitrogen and oxygen atoms in total. The standard InChI is InChI=1S/C27H23NO2/c1-15-12-13-17(14-16(15)2)28-25(29)23-22-18-8-4-6-10-20(18)27(3,24(23)26(28)30)21-11-7-5-9-19(21)22/h4-14,22-24H,1-3H3/t22?,23-,24-,27?/m1/s1. The Labute approximate surface area is 176 Å². The molecule has 7 rings (SSSR count). The number of imide groups is 1. The minimum absolute atomic E-state index is 0.0616. The van der Waals surface area contributed by atoms with Crippen molar-refractivity contribution in [3.63, 3.8) is 0 Å². The van der Waals surface area contributed by atoms with Crippen LogP contribution in [0.25, 0.3) is 0 Å². The predicted molar refractivity (Wildman–Crippen MR) is 117 cm³/mol. The Kier molecular flexibility index (Phi) is 3.35. The van der Waals surface area contributed by atoms with Gasteiger partial charge >= 0.3 is 0 Å². The lowest BCUT2D eigenvalue weighted by atomic mass is 9.48. The molecule has 0 unspecified atom stereocenters. The van der Waals surface area contributed by atoms with Crippen LogP contribution >= 0.6 is 0 Å². The first kappa shape index (κ1) is 17.6. The number of hydrogen-bond acceptors (Lipinski definition) is 2. The zero-order valence-electron chi connectivity index (χ0n) is 17.3. The summed E-state index contributed by atoms with van der Waals surface area (Å²) in [5, 5.41) is 0. The third-order valence-electron chi connectivity index (χ3n) is 7.79. The first-order chi connectivity index (χ1) is 14.4.